The summed E-state index contributed by atoms with van der Waals surface area (Å²) in [6, 6.07) is 16.7. The third-order valence-corrected chi connectivity index (χ3v) is 4.63. The highest BCUT2D eigenvalue weighted by atomic mass is 16.5. The molecule has 0 aliphatic carbocycles. The minimum absolute atomic E-state index is 0.0137. The SMILES string of the molecule is CCOC(=O)C[C@@H](Cc1ccc(-c2cccc(C#N)c2)cc1)NC(=O)CCC(=O)OC. The molecule has 1 atom stereocenters. The number of carbonyl (C=O) groups excluding carboxylic acids is 3. The topological polar surface area (TPSA) is 105 Å². The molecule has 2 aromatic carbocycles. The molecule has 0 aliphatic heterocycles. The summed E-state index contributed by atoms with van der Waals surface area (Å²) < 4.78 is 9.56. The van der Waals surface area contributed by atoms with Crippen LogP contribution in [0.15, 0.2) is 48.5 Å². The van der Waals surface area contributed by atoms with Gasteiger partial charge >= 0.3 is 11.9 Å². The highest BCUT2D eigenvalue weighted by Gasteiger charge is 2.19. The Morgan fingerprint density at radius 2 is 1.77 bits per heavy atom. The van der Waals surface area contributed by atoms with Crippen LogP contribution in [0.5, 0.6) is 0 Å². The molecule has 1 N–H and O–H groups in total. The Morgan fingerprint density at radius 3 is 2.42 bits per heavy atom. The standard InChI is InChI=1S/C24H26N2O5/c1-3-31-24(29)15-21(26-22(27)11-12-23(28)30-2)14-17-7-9-19(10-8-17)20-6-4-5-18(13-20)16-25/h4-10,13,21H,3,11-12,14-15H2,1-2H3,(H,26,27)/t21-/m1/s1. The third-order valence-electron chi connectivity index (χ3n) is 4.63. The van der Waals surface area contributed by atoms with Crippen LogP contribution in [-0.2, 0) is 30.3 Å². The number of benzene rings is 2. The Labute approximate surface area is 182 Å². The van der Waals surface area contributed by atoms with E-state index in [9.17, 15) is 14.4 Å². The molecule has 7 heteroatoms. The van der Waals surface area contributed by atoms with Crippen LogP contribution in [0.25, 0.3) is 11.1 Å². The van der Waals surface area contributed by atoms with Crippen LogP contribution >= 0.6 is 0 Å². The van der Waals surface area contributed by atoms with Crippen LogP contribution in [0.3, 0.4) is 0 Å². The summed E-state index contributed by atoms with van der Waals surface area (Å²) in [4.78, 5) is 35.4. The average Bonchev–Trinajstić information content (AvgIpc) is 2.78. The van der Waals surface area contributed by atoms with Crippen molar-refractivity contribution in [3.8, 4) is 17.2 Å². The van der Waals surface area contributed by atoms with Crippen molar-refractivity contribution in [3.05, 3.63) is 59.7 Å². The molecular weight excluding hydrogens is 396 g/mol. The summed E-state index contributed by atoms with van der Waals surface area (Å²) in [5, 5.41) is 11.9. The van der Waals surface area contributed by atoms with Gasteiger partial charge in [-0.2, -0.15) is 5.26 Å². The maximum absolute atomic E-state index is 12.2. The molecule has 0 saturated carbocycles. The van der Waals surface area contributed by atoms with Gasteiger partial charge in [0.25, 0.3) is 0 Å². The summed E-state index contributed by atoms with van der Waals surface area (Å²) in [5.74, 6) is -1.19. The maximum atomic E-state index is 12.2. The molecule has 0 unspecified atom stereocenters. The molecule has 0 fully saturated rings. The molecule has 7 nitrogen and oxygen atoms in total. The summed E-state index contributed by atoms with van der Waals surface area (Å²) in [5.41, 5.74) is 3.42. The second-order valence-corrected chi connectivity index (χ2v) is 6.94. The normalized spacial score (nSPS) is 11.1. The largest absolute Gasteiger partial charge is 0.469 e. The van der Waals surface area contributed by atoms with Crippen molar-refractivity contribution in [3.63, 3.8) is 0 Å². The molecule has 0 bridgehead atoms. The first kappa shape index (κ1) is 23.6. The number of hydrogen-bond acceptors (Lipinski definition) is 6. The van der Waals surface area contributed by atoms with Crippen molar-refractivity contribution >= 4 is 17.8 Å². The summed E-state index contributed by atoms with van der Waals surface area (Å²) >= 11 is 0. The number of hydrogen-bond donors (Lipinski definition) is 1. The average molecular weight is 422 g/mol. The first-order chi connectivity index (χ1) is 14.9. The lowest BCUT2D eigenvalue weighted by Gasteiger charge is -2.18. The van der Waals surface area contributed by atoms with Crippen molar-refractivity contribution in [2.24, 2.45) is 0 Å². The van der Waals surface area contributed by atoms with E-state index in [2.05, 4.69) is 16.1 Å². The van der Waals surface area contributed by atoms with Crippen molar-refractivity contribution in [2.75, 3.05) is 13.7 Å². The fraction of sp³-hybridized carbons (Fsp3) is 0.333. The van der Waals surface area contributed by atoms with Gasteiger partial charge in [0.1, 0.15) is 0 Å². The molecule has 0 heterocycles. The fourth-order valence-electron chi connectivity index (χ4n) is 3.10. The number of rotatable bonds is 10. The van der Waals surface area contributed by atoms with Gasteiger partial charge in [-0.15, -0.1) is 0 Å². The number of carbonyl (C=O) groups is 3. The Morgan fingerprint density at radius 1 is 1.03 bits per heavy atom. The molecule has 31 heavy (non-hydrogen) atoms. The summed E-state index contributed by atoms with van der Waals surface area (Å²) in [6.45, 7) is 1.99. The Hall–Kier alpha value is -3.66. The van der Waals surface area contributed by atoms with E-state index in [-0.39, 0.29) is 31.8 Å². The van der Waals surface area contributed by atoms with E-state index in [1.165, 1.54) is 7.11 Å². The Kier molecular flexibility index (Phi) is 9.24. The first-order valence-corrected chi connectivity index (χ1v) is 10.1. The van der Waals surface area contributed by atoms with E-state index < -0.39 is 18.0 Å². The van der Waals surface area contributed by atoms with Crippen LogP contribution in [0, 0.1) is 11.3 Å². The Balaban J connectivity index is 2.07. The van der Waals surface area contributed by atoms with Crippen LogP contribution < -0.4 is 5.32 Å². The monoisotopic (exact) mass is 422 g/mol. The van der Waals surface area contributed by atoms with E-state index in [4.69, 9.17) is 10.00 Å². The van der Waals surface area contributed by atoms with Gasteiger partial charge in [0.05, 0.1) is 38.2 Å². The molecular formula is C24H26N2O5. The second-order valence-electron chi connectivity index (χ2n) is 6.94. The van der Waals surface area contributed by atoms with E-state index in [1.807, 2.05) is 42.5 Å². The number of nitrogens with zero attached hydrogens (tertiary/aromatic N) is 1. The fourth-order valence-corrected chi connectivity index (χ4v) is 3.10. The number of amides is 1. The highest BCUT2D eigenvalue weighted by molar-refractivity contribution is 5.82. The van der Waals surface area contributed by atoms with Crippen LogP contribution in [0.2, 0.25) is 0 Å². The molecule has 0 spiro atoms. The molecule has 2 rings (SSSR count). The van der Waals surface area contributed by atoms with Crippen molar-refractivity contribution < 1.29 is 23.9 Å². The zero-order valence-electron chi connectivity index (χ0n) is 17.7. The van der Waals surface area contributed by atoms with E-state index >= 15 is 0 Å². The van der Waals surface area contributed by atoms with Crippen LogP contribution in [-0.4, -0.2) is 37.6 Å². The van der Waals surface area contributed by atoms with Gasteiger partial charge in [-0.1, -0.05) is 36.4 Å². The minimum atomic E-state index is -0.465. The molecule has 0 saturated heterocycles. The third kappa shape index (κ3) is 7.94. The number of methoxy groups -OCH3 is 1. The van der Waals surface area contributed by atoms with E-state index in [0.717, 1.165) is 16.7 Å². The summed E-state index contributed by atoms with van der Waals surface area (Å²) in [7, 11) is 1.27. The van der Waals surface area contributed by atoms with E-state index in [1.54, 1.807) is 13.0 Å². The van der Waals surface area contributed by atoms with Crippen molar-refractivity contribution in [1.29, 1.82) is 5.26 Å². The number of nitriles is 1. The Bertz CT molecular complexity index is 947. The van der Waals surface area contributed by atoms with Crippen LogP contribution in [0.4, 0.5) is 0 Å². The van der Waals surface area contributed by atoms with Gasteiger partial charge in [-0.25, -0.2) is 0 Å². The van der Waals surface area contributed by atoms with Gasteiger partial charge in [-0.05, 0) is 42.2 Å². The van der Waals surface area contributed by atoms with Crippen molar-refractivity contribution in [2.45, 2.75) is 38.6 Å². The zero-order chi connectivity index (χ0) is 22.6. The molecule has 0 radical (unpaired) electrons. The molecule has 2 aromatic rings. The maximum Gasteiger partial charge on any atom is 0.307 e. The minimum Gasteiger partial charge on any atom is -0.469 e. The van der Waals surface area contributed by atoms with Gasteiger partial charge in [0, 0.05) is 12.5 Å². The predicted octanol–water partition coefficient (Wildman–Crippen LogP) is 3.16. The van der Waals surface area contributed by atoms with Crippen LogP contribution in [0.1, 0.15) is 37.3 Å². The zero-order valence-corrected chi connectivity index (χ0v) is 17.7. The molecule has 0 aromatic heterocycles. The van der Waals surface area contributed by atoms with Gasteiger partial charge < -0.3 is 14.8 Å². The van der Waals surface area contributed by atoms with E-state index in [0.29, 0.717) is 12.0 Å². The summed E-state index contributed by atoms with van der Waals surface area (Å²) in [6.07, 6.45) is 0.427. The predicted molar refractivity (Wildman–Crippen MR) is 115 cm³/mol. The lowest BCUT2D eigenvalue weighted by atomic mass is 9.98. The molecule has 0 aliphatic rings. The number of esters is 2. The number of ether oxygens (including phenoxy) is 2. The van der Waals surface area contributed by atoms with Gasteiger partial charge in [0.15, 0.2) is 0 Å². The lowest BCUT2D eigenvalue weighted by Crippen LogP contribution is -2.38. The molecule has 162 valence electrons. The van der Waals surface area contributed by atoms with Crippen molar-refractivity contribution in [1.82, 2.24) is 5.32 Å². The first-order valence-electron chi connectivity index (χ1n) is 10.1. The lowest BCUT2D eigenvalue weighted by molar-refractivity contribution is -0.144. The second kappa shape index (κ2) is 12.1. The van der Waals surface area contributed by atoms with Gasteiger partial charge in [-0.3, -0.25) is 14.4 Å². The molecule has 1 amide bonds. The number of nitrogens with one attached hydrogen (secondary N) is 1. The quantitative estimate of drug-likeness (QED) is 0.590. The smallest absolute Gasteiger partial charge is 0.307 e. The van der Waals surface area contributed by atoms with Gasteiger partial charge in [0.2, 0.25) is 5.91 Å². The highest BCUT2D eigenvalue weighted by Crippen LogP contribution is 2.21.